The molecule has 0 aliphatic carbocycles. The molecule has 1 aromatic rings. The van der Waals surface area contributed by atoms with Crippen molar-refractivity contribution in [2.45, 2.75) is 25.9 Å². The highest BCUT2D eigenvalue weighted by atomic mass is 35.5. The summed E-state index contributed by atoms with van der Waals surface area (Å²) >= 11 is 11.6. The van der Waals surface area contributed by atoms with Gasteiger partial charge in [0.2, 0.25) is 5.91 Å². The summed E-state index contributed by atoms with van der Waals surface area (Å²) < 4.78 is 0. The van der Waals surface area contributed by atoms with Crippen LogP contribution in [0.15, 0.2) is 18.2 Å². The molecule has 0 bridgehead atoms. The fraction of sp³-hybridized carbons (Fsp3) is 0.364. The van der Waals surface area contributed by atoms with Crippen molar-refractivity contribution in [3.8, 4) is 0 Å². The Morgan fingerprint density at radius 2 is 1.94 bits per heavy atom. The molecule has 1 aromatic carbocycles. The second-order valence-corrected chi connectivity index (χ2v) is 4.47. The van der Waals surface area contributed by atoms with Crippen LogP contribution in [-0.4, -0.2) is 17.1 Å². The summed E-state index contributed by atoms with van der Waals surface area (Å²) in [6.45, 7) is 1.64. The van der Waals surface area contributed by atoms with Crippen LogP contribution in [0.25, 0.3) is 0 Å². The SMILES string of the molecule is CC(O)CCC(=O)Nc1cc(Cl)cc(Cl)c1. The quantitative estimate of drug-likeness (QED) is 0.875. The highest BCUT2D eigenvalue weighted by Crippen LogP contribution is 2.22. The number of aliphatic hydroxyl groups is 1. The highest BCUT2D eigenvalue weighted by Gasteiger charge is 2.06. The summed E-state index contributed by atoms with van der Waals surface area (Å²) in [5.74, 6) is -0.167. The van der Waals surface area contributed by atoms with Crippen molar-refractivity contribution >= 4 is 34.8 Å². The van der Waals surface area contributed by atoms with Gasteiger partial charge in [-0.1, -0.05) is 23.2 Å². The van der Waals surface area contributed by atoms with Crippen LogP contribution in [0.2, 0.25) is 10.0 Å². The normalized spacial score (nSPS) is 12.2. The molecule has 1 atom stereocenters. The number of carbonyl (C=O) groups is 1. The lowest BCUT2D eigenvalue weighted by Crippen LogP contribution is -2.13. The van der Waals surface area contributed by atoms with Gasteiger partial charge in [-0.15, -0.1) is 0 Å². The minimum absolute atomic E-state index is 0.167. The third kappa shape index (κ3) is 4.84. The second kappa shape index (κ2) is 6.09. The summed E-state index contributed by atoms with van der Waals surface area (Å²) in [7, 11) is 0. The number of halogens is 2. The molecule has 1 amide bonds. The van der Waals surface area contributed by atoms with Crippen LogP contribution in [0.4, 0.5) is 5.69 Å². The molecule has 0 aliphatic heterocycles. The van der Waals surface area contributed by atoms with E-state index < -0.39 is 6.10 Å². The van der Waals surface area contributed by atoms with Gasteiger partial charge in [-0.05, 0) is 31.5 Å². The van der Waals surface area contributed by atoms with Crippen LogP contribution in [0.5, 0.6) is 0 Å². The van der Waals surface area contributed by atoms with Gasteiger partial charge in [0.05, 0.1) is 6.10 Å². The Kier molecular flexibility index (Phi) is 5.06. The van der Waals surface area contributed by atoms with Gasteiger partial charge in [-0.25, -0.2) is 0 Å². The predicted octanol–water partition coefficient (Wildman–Crippen LogP) is 3.09. The van der Waals surface area contributed by atoms with Crippen molar-refractivity contribution in [3.05, 3.63) is 28.2 Å². The van der Waals surface area contributed by atoms with E-state index in [1.807, 2.05) is 0 Å². The van der Waals surface area contributed by atoms with Crippen LogP contribution in [0, 0.1) is 0 Å². The van der Waals surface area contributed by atoms with Gasteiger partial charge in [-0.3, -0.25) is 4.79 Å². The Morgan fingerprint density at radius 3 is 2.44 bits per heavy atom. The number of carbonyl (C=O) groups excluding carboxylic acids is 1. The molecular weight excluding hydrogens is 249 g/mol. The minimum atomic E-state index is -0.478. The standard InChI is InChI=1S/C11H13Cl2NO2/c1-7(15)2-3-11(16)14-10-5-8(12)4-9(13)6-10/h4-7,15H,2-3H2,1H3,(H,14,16). The third-order valence-electron chi connectivity index (χ3n) is 1.94. The molecule has 0 aliphatic rings. The minimum Gasteiger partial charge on any atom is -0.393 e. The maximum atomic E-state index is 11.4. The maximum absolute atomic E-state index is 11.4. The van der Waals surface area contributed by atoms with Gasteiger partial charge in [0, 0.05) is 22.2 Å². The van der Waals surface area contributed by atoms with E-state index in [0.29, 0.717) is 22.2 Å². The summed E-state index contributed by atoms with van der Waals surface area (Å²) in [5, 5.41) is 12.6. The first-order chi connectivity index (χ1) is 7.47. The van der Waals surface area contributed by atoms with E-state index >= 15 is 0 Å². The fourth-order valence-electron chi connectivity index (χ4n) is 1.19. The smallest absolute Gasteiger partial charge is 0.224 e. The number of amides is 1. The Balaban J connectivity index is 2.56. The van der Waals surface area contributed by atoms with Crippen molar-refractivity contribution in [3.63, 3.8) is 0 Å². The van der Waals surface area contributed by atoms with Crippen molar-refractivity contribution < 1.29 is 9.90 Å². The van der Waals surface area contributed by atoms with Crippen molar-refractivity contribution in [2.24, 2.45) is 0 Å². The Bertz CT molecular complexity index is 360. The molecule has 2 N–H and O–H groups in total. The largest absolute Gasteiger partial charge is 0.393 e. The van der Waals surface area contributed by atoms with Gasteiger partial charge in [0.15, 0.2) is 0 Å². The summed E-state index contributed by atoms with van der Waals surface area (Å²) in [6.07, 6.45) is 0.218. The molecule has 5 heteroatoms. The van der Waals surface area contributed by atoms with E-state index in [9.17, 15) is 4.79 Å². The van der Waals surface area contributed by atoms with Gasteiger partial charge >= 0.3 is 0 Å². The zero-order valence-corrected chi connectivity index (χ0v) is 10.3. The van der Waals surface area contributed by atoms with Crippen molar-refractivity contribution in [1.82, 2.24) is 0 Å². The predicted molar refractivity (Wildman–Crippen MR) is 66.0 cm³/mol. The van der Waals surface area contributed by atoms with E-state index in [-0.39, 0.29) is 12.3 Å². The van der Waals surface area contributed by atoms with Gasteiger partial charge in [-0.2, -0.15) is 0 Å². The van der Waals surface area contributed by atoms with E-state index in [0.717, 1.165) is 0 Å². The third-order valence-corrected chi connectivity index (χ3v) is 2.37. The molecule has 1 unspecified atom stereocenters. The van der Waals surface area contributed by atoms with Gasteiger partial charge in [0.25, 0.3) is 0 Å². The molecule has 0 heterocycles. The first-order valence-electron chi connectivity index (χ1n) is 4.91. The number of hydrogen-bond donors (Lipinski definition) is 2. The van der Waals surface area contributed by atoms with Crippen LogP contribution in [0.1, 0.15) is 19.8 Å². The number of hydrogen-bond acceptors (Lipinski definition) is 2. The maximum Gasteiger partial charge on any atom is 0.224 e. The van der Waals surface area contributed by atoms with Crippen LogP contribution >= 0.6 is 23.2 Å². The molecule has 1 rings (SSSR count). The van der Waals surface area contributed by atoms with Gasteiger partial charge in [0.1, 0.15) is 0 Å². The van der Waals surface area contributed by atoms with Crippen LogP contribution < -0.4 is 5.32 Å². The Hall–Kier alpha value is -0.770. The number of benzene rings is 1. The topological polar surface area (TPSA) is 49.3 Å². The lowest BCUT2D eigenvalue weighted by molar-refractivity contribution is -0.116. The molecule has 0 saturated carbocycles. The molecular formula is C11H13Cl2NO2. The number of anilines is 1. The monoisotopic (exact) mass is 261 g/mol. The molecule has 88 valence electrons. The lowest BCUT2D eigenvalue weighted by Gasteiger charge is -2.07. The molecule has 0 radical (unpaired) electrons. The highest BCUT2D eigenvalue weighted by molar-refractivity contribution is 6.35. The van der Waals surface area contributed by atoms with Crippen molar-refractivity contribution in [1.29, 1.82) is 0 Å². The van der Waals surface area contributed by atoms with E-state index in [4.69, 9.17) is 28.3 Å². The number of aliphatic hydroxyl groups excluding tert-OH is 1. The first-order valence-corrected chi connectivity index (χ1v) is 5.67. The van der Waals surface area contributed by atoms with E-state index in [1.165, 1.54) is 0 Å². The first kappa shape index (κ1) is 13.3. The molecule has 16 heavy (non-hydrogen) atoms. The molecule has 0 fully saturated rings. The summed E-state index contributed by atoms with van der Waals surface area (Å²) in [5.41, 5.74) is 0.563. The lowest BCUT2D eigenvalue weighted by atomic mass is 10.2. The zero-order valence-electron chi connectivity index (χ0n) is 8.84. The van der Waals surface area contributed by atoms with Crippen molar-refractivity contribution in [2.75, 3.05) is 5.32 Å². The molecule has 0 aromatic heterocycles. The number of nitrogens with one attached hydrogen (secondary N) is 1. The fourth-order valence-corrected chi connectivity index (χ4v) is 1.72. The van der Waals surface area contributed by atoms with E-state index in [2.05, 4.69) is 5.32 Å². The molecule has 3 nitrogen and oxygen atoms in total. The summed E-state index contributed by atoms with van der Waals surface area (Å²) in [4.78, 5) is 11.4. The Labute approximate surface area is 104 Å². The average molecular weight is 262 g/mol. The zero-order chi connectivity index (χ0) is 12.1. The number of rotatable bonds is 4. The molecule has 0 saturated heterocycles. The Morgan fingerprint density at radius 1 is 1.38 bits per heavy atom. The molecule has 0 spiro atoms. The summed E-state index contributed by atoms with van der Waals surface area (Å²) in [6, 6.07) is 4.83. The average Bonchev–Trinajstić information content (AvgIpc) is 2.12. The van der Waals surface area contributed by atoms with Gasteiger partial charge < -0.3 is 10.4 Å². The van der Waals surface area contributed by atoms with Crippen LogP contribution in [-0.2, 0) is 4.79 Å². The second-order valence-electron chi connectivity index (χ2n) is 3.59. The van der Waals surface area contributed by atoms with Crippen LogP contribution in [0.3, 0.4) is 0 Å². The van der Waals surface area contributed by atoms with E-state index in [1.54, 1.807) is 25.1 Å².